The molecule has 3 nitrogen and oxygen atoms in total. The molecule has 0 unspecified atom stereocenters. The van der Waals surface area contributed by atoms with E-state index < -0.39 is 0 Å². The van der Waals surface area contributed by atoms with Gasteiger partial charge in [-0.1, -0.05) is 18.2 Å². The molecule has 1 aromatic carbocycles. The van der Waals surface area contributed by atoms with Gasteiger partial charge in [-0.15, -0.1) is 11.3 Å². The fourth-order valence-corrected chi connectivity index (χ4v) is 3.60. The van der Waals surface area contributed by atoms with Gasteiger partial charge < -0.3 is 10.3 Å². The quantitative estimate of drug-likeness (QED) is 0.766. The van der Waals surface area contributed by atoms with Crippen LogP contribution in [0.3, 0.4) is 0 Å². The Labute approximate surface area is 128 Å². The zero-order chi connectivity index (χ0) is 14.3. The molecule has 102 valence electrons. The maximum absolute atomic E-state index is 12.3. The molecule has 0 spiro atoms. The van der Waals surface area contributed by atoms with E-state index in [0.717, 1.165) is 11.1 Å². The Morgan fingerprint density at radius 2 is 2.10 bits per heavy atom. The van der Waals surface area contributed by atoms with Gasteiger partial charge in [-0.25, -0.2) is 0 Å². The van der Waals surface area contributed by atoms with Crippen LogP contribution in [-0.2, 0) is 6.54 Å². The highest BCUT2D eigenvalue weighted by molar-refractivity contribution is 9.10. The number of nitrogens with zero attached hydrogens (tertiary/aromatic N) is 1. The van der Waals surface area contributed by atoms with Gasteiger partial charge >= 0.3 is 0 Å². The molecule has 3 rings (SSSR count). The summed E-state index contributed by atoms with van der Waals surface area (Å²) in [6.07, 6.45) is 1.72. The lowest BCUT2D eigenvalue weighted by Crippen LogP contribution is -2.22. The summed E-state index contributed by atoms with van der Waals surface area (Å²) < 4.78 is 3.42. The molecule has 0 radical (unpaired) electrons. The first-order valence-electron chi connectivity index (χ1n) is 6.18. The Morgan fingerprint density at radius 1 is 1.35 bits per heavy atom. The second-order valence-electron chi connectivity index (χ2n) is 4.71. The minimum atomic E-state index is -0.0491. The molecule has 0 aliphatic heterocycles. The third kappa shape index (κ3) is 2.17. The second kappa shape index (κ2) is 5.07. The van der Waals surface area contributed by atoms with E-state index in [1.165, 1.54) is 10.1 Å². The summed E-state index contributed by atoms with van der Waals surface area (Å²) >= 11 is 5.02. The fraction of sp³-hybridized carbons (Fsp3) is 0.133. The van der Waals surface area contributed by atoms with Crippen molar-refractivity contribution in [2.75, 3.05) is 5.73 Å². The van der Waals surface area contributed by atoms with Crippen molar-refractivity contribution < 1.29 is 0 Å². The maximum Gasteiger partial charge on any atom is 0.265 e. The first-order valence-corrected chi connectivity index (χ1v) is 7.85. The summed E-state index contributed by atoms with van der Waals surface area (Å²) in [4.78, 5) is 12.3. The van der Waals surface area contributed by atoms with E-state index in [0.29, 0.717) is 16.7 Å². The number of aromatic nitrogens is 1. The maximum atomic E-state index is 12.3. The normalized spacial score (nSPS) is 11.1. The number of nitrogen functional groups attached to an aromatic ring is 1. The summed E-state index contributed by atoms with van der Waals surface area (Å²) in [5, 5.41) is 3.29. The molecule has 2 heterocycles. The first-order chi connectivity index (χ1) is 9.58. The number of nitrogens with two attached hydrogens (primary N) is 1. The number of anilines is 1. The van der Waals surface area contributed by atoms with Gasteiger partial charge in [0.25, 0.3) is 5.56 Å². The van der Waals surface area contributed by atoms with Gasteiger partial charge in [-0.3, -0.25) is 4.79 Å². The van der Waals surface area contributed by atoms with E-state index in [9.17, 15) is 4.79 Å². The van der Waals surface area contributed by atoms with Crippen molar-refractivity contribution in [3.63, 3.8) is 0 Å². The molecule has 3 aromatic rings. The van der Waals surface area contributed by atoms with E-state index in [-0.39, 0.29) is 5.56 Å². The highest BCUT2D eigenvalue weighted by Gasteiger charge is 2.10. The Kier molecular flexibility index (Phi) is 3.40. The van der Waals surface area contributed by atoms with E-state index >= 15 is 0 Å². The van der Waals surface area contributed by atoms with Crippen LogP contribution < -0.4 is 11.3 Å². The lowest BCUT2D eigenvalue weighted by molar-refractivity contribution is 0.760. The van der Waals surface area contributed by atoms with Crippen LogP contribution in [-0.4, -0.2) is 4.57 Å². The van der Waals surface area contributed by atoms with Gasteiger partial charge in [0, 0.05) is 10.9 Å². The molecule has 0 atom stereocenters. The molecule has 20 heavy (non-hydrogen) atoms. The van der Waals surface area contributed by atoms with Gasteiger partial charge in [-0.2, -0.15) is 0 Å². The molecule has 2 N–H and O–H groups in total. The predicted octanol–water partition coefficient (Wildman–Crippen LogP) is 3.76. The van der Waals surface area contributed by atoms with Crippen LogP contribution in [0.2, 0.25) is 0 Å². The molecule has 0 fully saturated rings. The highest BCUT2D eigenvalue weighted by Crippen LogP contribution is 2.26. The van der Waals surface area contributed by atoms with Crippen molar-refractivity contribution in [3.8, 4) is 0 Å². The monoisotopic (exact) mass is 348 g/mol. The molecule has 0 amide bonds. The smallest absolute Gasteiger partial charge is 0.265 e. The molecule has 0 saturated heterocycles. The number of benzene rings is 1. The number of pyridine rings is 1. The van der Waals surface area contributed by atoms with Gasteiger partial charge in [0.15, 0.2) is 0 Å². The molecule has 0 bridgehead atoms. The van der Waals surface area contributed by atoms with Crippen LogP contribution in [0.1, 0.15) is 11.1 Å². The zero-order valence-corrected chi connectivity index (χ0v) is 13.3. The zero-order valence-electron chi connectivity index (χ0n) is 10.9. The van der Waals surface area contributed by atoms with E-state index in [1.807, 2.05) is 19.1 Å². The Balaban J connectivity index is 2.10. The summed E-state index contributed by atoms with van der Waals surface area (Å²) in [5.74, 6) is 0. The van der Waals surface area contributed by atoms with Crippen LogP contribution in [0.15, 0.2) is 45.1 Å². The third-order valence-electron chi connectivity index (χ3n) is 3.41. The lowest BCUT2D eigenvalue weighted by atomic mass is 10.1. The van der Waals surface area contributed by atoms with Crippen LogP contribution in [0.5, 0.6) is 0 Å². The average Bonchev–Trinajstić information content (AvgIpc) is 2.86. The van der Waals surface area contributed by atoms with Gasteiger partial charge in [0.05, 0.1) is 16.7 Å². The van der Waals surface area contributed by atoms with Crippen LogP contribution >= 0.6 is 27.3 Å². The van der Waals surface area contributed by atoms with Crippen LogP contribution in [0.4, 0.5) is 5.69 Å². The number of hydrogen-bond donors (Lipinski definition) is 1. The molecule has 5 heteroatoms. The minimum absolute atomic E-state index is 0.0491. The van der Waals surface area contributed by atoms with Crippen molar-refractivity contribution in [1.29, 1.82) is 0 Å². The number of hydrogen-bond acceptors (Lipinski definition) is 3. The van der Waals surface area contributed by atoms with Gasteiger partial charge in [0.1, 0.15) is 0 Å². The summed E-state index contributed by atoms with van der Waals surface area (Å²) in [6.45, 7) is 2.37. The number of fused-ring (bicyclic) bond motifs is 1. The minimum Gasteiger partial charge on any atom is -0.397 e. The number of thiophene rings is 1. The second-order valence-corrected chi connectivity index (χ2v) is 6.42. The van der Waals surface area contributed by atoms with Crippen molar-refractivity contribution in [1.82, 2.24) is 4.57 Å². The molecular weight excluding hydrogens is 336 g/mol. The summed E-state index contributed by atoms with van der Waals surface area (Å²) in [5.41, 5.74) is 8.45. The van der Waals surface area contributed by atoms with E-state index in [1.54, 1.807) is 22.1 Å². The first kappa shape index (κ1) is 13.4. The number of halogens is 1. The molecular formula is C15H13BrN2OS. The fourth-order valence-electron chi connectivity index (χ4n) is 2.19. The summed E-state index contributed by atoms with van der Waals surface area (Å²) in [6, 6.07) is 8.21. The van der Waals surface area contributed by atoms with Crippen LogP contribution in [0, 0.1) is 6.92 Å². The van der Waals surface area contributed by atoms with Gasteiger partial charge in [0.2, 0.25) is 0 Å². The molecule has 0 aliphatic rings. The standard InChI is InChI=1S/C15H13BrN2OS/c1-9-12(17)7-18(15(19)14(9)16)6-10-8-20-13-5-3-2-4-11(10)13/h2-5,7-8H,6,17H2,1H3. The molecule has 0 saturated carbocycles. The van der Waals surface area contributed by atoms with E-state index in [4.69, 9.17) is 5.73 Å². The van der Waals surface area contributed by atoms with Crippen LogP contribution in [0.25, 0.3) is 10.1 Å². The number of rotatable bonds is 2. The SMILES string of the molecule is Cc1c(N)cn(Cc2csc3ccccc23)c(=O)c1Br. The molecule has 2 aromatic heterocycles. The Hall–Kier alpha value is -1.59. The Bertz CT molecular complexity index is 851. The van der Waals surface area contributed by atoms with Crippen molar-refractivity contribution in [2.45, 2.75) is 13.5 Å². The van der Waals surface area contributed by atoms with Crippen molar-refractivity contribution in [2.24, 2.45) is 0 Å². The van der Waals surface area contributed by atoms with E-state index in [2.05, 4.69) is 33.4 Å². The predicted molar refractivity (Wildman–Crippen MR) is 88.5 cm³/mol. The van der Waals surface area contributed by atoms with Crippen molar-refractivity contribution in [3.05, 3.63) is 61.8 Å². The molecule has 0 aliphatic carbocycles. The topological polar surface area (TPSA) is 48.0 Å². The third-order valence-corrected chi connectivity index (χ3v) is 5.35. The summed E-state index contributed by atoms with van der Waals surface area (Å²) in [7, 11) is 0. The Morgan fingerprint density at radius 3 is 2.90 bits per heavy atom. The largest absolute Gasteiger partial charge is 0.397 e. The van der Waals surface area contributed by atoms with Crippen molar-refractivity contribution >= 4 is 43.0 Å². The highest BCUT2D eigenvalue weighted by atomic mass is 79.9. The van der Waals surface area contributed by atoms with Gasteiger partial charge in [-0.05, 0) is 50.8 Å². The average molecular weight is 349 g/mol. The lowest BCUT2D eigenvalue weighted by Gasteiger charge is -2.10.